The normalized spacial score (nSPS) is 18.9. The van der Waals surface area contributed by atoms with Crippen LogP contribution in [0, 0.1) is 5.82 Å². The maximum atomic E-state index is 13.6. The van der Waals surface area contributed by atoms with Crippen LogP contribution >= 0.6 is 0 Å². The summed E-state index contributed by atoms with van der Waals surface area (Å²) in [4.78, 5) is 8.67. The average Bonchev–Trinajstić information content (AvgIpc) is 3.04. The molecule has 150 valence electrons. The van der Waals surface area contributed by atoms with Gasteiger partial charge in [0.2, 0.25) is 0 Å². The third kappa shape index (κ3) is 3.01. The fourth-order valence-electron chi connectivity index (χ4n) is 4.60. The molecule has 2 aliphatic rings. The van der Waals surface area contributed by atoms with E-state index in [0.29, 0.717) is 12.4 Å². The van der Waals surface area contributed by atoms with Gasteiger partial charge in [0.1, 0.15) is 23.6 Å². The van der Waals surface area contributed by atoms with E-state index >= 15 is 0 Å². The van der Waals surface area contributed by atoms with E-state index in [1.54, 1.807) is 12.1 Å². The Morgan fingerprint density at radius 1 is 1.17 bits per heavy atom. The molecular formula is C22H24FN5O. The smallest absolute Gasteiger partial charge is 0.146 e. The van der Waals surface area contributed by atoms with Gasteiger partial charge in [0.15, 0.2) is 0 Å². The Morgan fingerprint density at radius 3 is 2.62 bits per heavy atom. The molecule has 0 aliphatic carbocycles. The molecule has 4 heterocycles. The number of anilines is 1. The van der Waals surface area contributed by atoms with E-state index in [1.807, 2.05) is 11.6 Å². The quantitative estimate of drug-likeness (QED) is 0.699. The van der Waals surface area contributed by atoms with Crippen LogP contribution in [-0.4, -0.2) is 39.8 Å². The van der Waals surface area contributed by atoms with E-state index in [1.165, 1.54) is 18.5 Å². The summed E-state index contributed by atoms with van der Waals surface area (Å²) in [5, 5.41) is 4.19. The summed E-state index contributed by atoms with van der Waals surface area (Å²) in [6.45, 7) is 2.51. The Kier molecular flexibility index (Phi) is 4.37. The molecule has 2 aromatic heterocycles. The van der Waals surface area contributed by atoms with Gasteiger partial charge >= 0.3 is 0 Å². The summed E-state index contributed by atoms with van der Waals surface area (Å²) in [6, 6.07) is 6.48. The van der Waals surface area contributed by atoms with Crippen LogP contribution in [0.4, 0.5) is 10.2 Å². The lowest BCUT2D eigenvalue weighted by molar-refractivity contribution is -0.0536. The topological polar surface area (TPSA) is 78.0 Å². The number of nitrogens with two attached hydrogens (primary N) is 1. The number of hydrogen-bond donors (Lipinski definition) is 2. The summed E-state index contributed by atoms with van der Waals surface area (Å²) >= 11 is 0. The fraction of sp³-hybridized carbons (Fsp3) is 0.364. The molecule has 0 amide bonds. The lowest BCUT2D eigenvalue weighted by atomic mass is 9.85. The van der Waals surface area contributed by atoms with Gasteiger partial charge in [-0.25, -0.2) is 14.4 Å². The van der Waals surface area contributed by atoms with Crippen LogP contribution in [-0.2, 0) is 11.8 Å². The van der Waals surface area contributed by atoms with Crippen molar-refractivity contribution in [3.05, 3.63) is 48.2 Å². The van der Waals surface area contributed by atoms with Gasteiger partial charge in [-0.05, 0) is 55.6 Å². The van der Waals surface area contributed by atoms with E-state index < -0.39 is 0 Å². The number of nitrogen functional groups attached to an aromatic ring is 1. The van der Waals surface area contributed by atoms with Crippen molar-refractivity contribution in [2.24, 2.45) is 7.05 Å². The minimum Gasteiger partial charge on any atom is -0.383 e. The number of aryl methyl sites for hydroxylation is 1. The van der Waals surface area contributed by atoms with E-state index in [0.717, 1.165) is 65.8 Å². The zero-order valence-corrected chi connectivity index (χ0v) is 16.4. The van der Waals surface area contributed by atoms with Gasteiger partial charge in [0.05, 0.1) is 23.3 Å². The Labute approximate surface area is 168 Å². The van der Waals surface area contributed by atoms with Gasteiger partial charge < -0.3 is 20.4 Å². The molecule has 1 fully saturated rings. The third-order valence-electron chi connectivity index (χ3n) is 6.20. The van der Waals surface area contributed by atoms with Crippen molar-refractivity contribution in [2.75, 3.05) is 25.4 Å². The standard InChI is InChI=1S/C22H24FN5O/c1-28-19(15-6-7-22(29-12-15)8-10-25-11-9-22)17(14-2-4-16(23)5-3-14)18-20(24)26-13-27-21(18)28/h2-6,13,25H,7-12H2,1H3,(H2,24,26,27). The van der Waals surface area contributed by atoms with E-state index in [-0.39, 0.29) is 11.4 Å². The van der Waals surface area contributed by atoms with Crippen LogP contribution in [0.1, 0.15) is 25.0 Å². The molecule has 5 rings (SSSR count). The Morgan fingerprint density at radius 2 is 1.93 bits per heavy atom. The van der Waals surface area contributed by atoms with E-state index in [2.05, 4.69) is 21.4 Å². The van der Waals surface area contributed by atoms with Gasteiger partial charge in [-0.3, -0.25) is 0 Å². The summed E-state index contributed by atoms with van der Waals surface area (Å²) in [5.41, 5.74) is 10.9. The zero-order chi connectivity index (χ0) is 20.0. The maximum Gasteiger partial charge on any atom is 0.146 e. The van der Waals surface area contributed by atoms with Gasteiger partial charge in [-0.15, -0.1) is 0 Å². The van der Waals surface area contributed by atoms with Crippen LogP contribution < -0.4 is 11.1 Å². The second kappa shape index (κ2) is 6.93. The van der Waals surface area contributed by atoms with Crippen LogP contribution in [0.5, 0.6) is 0 Å². The molecule has 0 radical (unpaired) electrons. The second-order valence-corrected chi connectivity index (χ2v) is 7.90. The molecule has 7 heteroatoms. The number of ether oxygens (including phenoxy) is 1. The number of rotatable bonds is 2. The highest BCUT2D eigenvalue weighted by Gasteiger charge is 2.36. The third-order valence-corrected chi connectivity index (χ3v) is 6.20. The summed E-state index contributed by atoms with van der Waals surface area (Å²) < 4.78 is 22.0. The Bertz CT molecular complexity index is 1100. The summed E-state index contributed by atoms with van der Waals surface area (Å²) in [6.07, 6.45) is 6.70. The first kappa shape index (κ1) is 18.3. The van der Waals surface area contributed by atoms with E-state index in [9.17, 15) is 4.39 Å². The zero-order valence-electron chi connectivity index (χ0n) is 16.4. The SMILES string of the molecule is Cn1c(C2=CCC3(CCNCC3)OC2)c(-c2ccc(F)cc2)c2c(N)ncnc21. The Balaban J connectivity index is 1.68. The van der Waals surface area contributed by atoms with Gasteiger partial charge in [-0.1, -0.05) is 18.2 Å². The first-order valence-corrected chi connectivity index (χ1v) is 9.97. The molecule has 1 spiro atoms. The first-order chi connectivity index (χ1) is 14.1. The Hall–Kier alpha value is -2.77. The number of nitrogens with one attached hydrogen (secondary N) is 1. The number of benzene rings is 1. The number of aromatic nitrogens is 3. The van der Waals surface area contributed by atoms with Crippen LogP contribution in [0.3, 0.4) is 0 Å². The van der Waals surface area contributed by atoms with Crippen molar-refractivity contribution >= 4 is 22.4 Å². The van der Waals surface area contributed by atoms with Gasteiger partial charge in [0.25, 0.3) is 0 Å². The lowest BCUT2D eigenvalue weighted by Gasteiger charge is -2.40. The van der Waals surface area contributed by atoms with Crippen molar-refractivity contribution in [1.82, 2.24) is 19.9 Å². The largest absolute Gasteiger partial charge is 0.383 e. The monoisotopic (exact) mass is 393 g/mol. The van der Waals surface area contributed by atoms with Crippen molar-refractivity contribution in [3.63, 3.8) is 0 Å². The first-order valence-electron chi connectivity index (χ1n) is 9.97. The molecule has 0 unspecified atom stereocenters. The molecule has 0 bridgehead atoms. The molecule has 29 heavy (non-hydrogen) atoms. The molecule has 2 aliphatic heterocycles. The molecular weight excluding hydrogens is 369 g/mol. The summed E-state index contributed by atoms with van der Waals surface area (Å²) in [7, 11) is 1.98. The molecule has 3 N–H and O–H groups in total. The molecule has 0 atom stereocenters. The summed E-state index contributed by atoms with van der Waals surface area (Å²) in [5.74, 6) is 0.149. The number of nitrogens with zero attached hydrogens (tertiary/aromatic N) is 3. The second-order valence-electron chi connectivity index (χ2n) is 7.90. The van der Waals surface area contributed by atoms with Crippen molar-refractivity contribution in [1.29, 1.82) is 0 Å². The minimum atomic E-state index is -0.271. The molecule has 6 nitrogen and oxygen atoms in total. The molecule has 0 saturated carbocycles. The molecule has 1 aromatic carbocycles. The molecule has 1 saturated heterocycles. The van der Waals surface area contributed by atoms with Crippen LogP contribution in [0.15, 0.2) is 36.7 Å². The highest BCUT2D eigenvalue weighted by Crippen LogP contribution is 2.42. The maximum absolute atomic E-state index is 13.6. The predicted molar refractivity (Wildman–Crippen MR) is 112 cm³/mol. The van der Waals surface area contributed by atoms with E-state index in [4.69, 9.17) is 10.5 Å². The highest BCUT2D eigenvalue weighted by molar-refractivity contribution is 6.06. The molecule has 3 aromatic rings. The van der Waals surface area contributed by atoms with Gasteiger partial charge in [-0.2, -0.15) is 0 Å². The number of fused-ring (bicyclic) bond motifs is 1. The number of halogens is 1. The predicted octanol–water partition coefficient (Wildman–Crippen LogP) is 3.28. The number of hydrogen-bond acceptors (Lipinski definition) is 5. The highest BCUT2D eigenvalue weighted by atomic mass is 19.1. The van der Waals surface area contributed by atoms with Crippen molar-refractivity contribution < 1.29 is 9.13 Å². The minimum absolute atomic E-state index is 0.0613. The van der Waals surface area contributed by atoms with Crippen molar-refractivity contribution in [3.8, 4) is 11.1 Å². The lowest BCUT2D eigenvalue weighted by Crippen LogP contribution is -2.45. The van der Waals surface area contributed by atoms with Crippen LogP contribution in [0.25, 0.3) is 27.7 Å². The van der Waals surface area contributed by atoms with Crippen molar-refractivity contribution in [2.45, 2.75) is 24.9 Å². The fourth-order valence-corrected chi connectivity index (χ4v) is 4.60. The number of piperidine rings is 1. The van der Waals surface area contributed by atoms with Crippen LogP contribution in [0.2, 0.25) is 0 Å². The van der Waals surface area contributed by atoms with Gasteiger partial charge in [0, 0.05) is 12.6 Å². The average molecular weight is 393 g/mol.